The van der Waals surface area contributed by atoms with Crippen LogP contribution in [0.15, 0.2) is 0 Å². The molecule has 3 aliphatic rings. The van der Waals surface area contributed by atoms with Gasteiger partial charge in [0.05, 0.1) is 0 Å². The second-order valence-electron chi connectivity index (χ2n) is 8.64. The first-order valence-electron chi connectivity index (χ1n) is 8.98. The summed E-state index contributed by atoms with van der Waals surface area (Å²) in [6.45, 7) is 6.21. The van der Waals surface area contributed by atoms with E-state index < -0.39 is 0 Å². The minimum Gasteiger partial charge on any atom is -0.311 e. The molecule has 3 rings (SSSR count). The molecule has 1 saturated carbocycles. The van der Waals surface area contributed by atoms with E-state index in [1.165, 1.54) is 64.3 Å². The van der Waals surface area contributed by atoms with Gasteiger partial charge in [-0.2, -0.15) is 0 Å². The highest BCUT2D eigenvalue weighted by Gasteiger charge is 2.34. The average Bonchev–Trinajstić information content (AvgIpc) is 2.75. The summed E-state index contributed by atoms with van der Waals surface area (Å²) in [5.41, 5.74) is 0.603. The van der Waals surface area contributed by atoms with Crippen molar-refractivity contribution in [2.75, 3.05) is 13.6 Å². The molecule has 2 heterocycles. The molecule has 0 radical (unpaired) electrons. The maximum atomic E-state index is 3.77. The third-order valence-electron chi connectivity index (χ3n) is 6.39. The molecule has 2 aliphatic heterocycles. The summed E-state index contributed by atoms with van der Waals surface area (Å²) < 4.78 is 0. The summed E-state index contributed by atoms with van der Waals surface area (Å²) in [4.78, 5) is 2.68. The molecule has 20 heavy (non-hydrogen) atoms. The van der Waals surface area contributed by atoms with Gasteiger partial charge in [0, 0.05) is 18.1 Å². The molecule has 0 spiro atoms. The summed E-state index contributed by atoms with van der Waals surface area (Å²) in [6.07, 6.45) is 12.9. The predicted molar refractivity (Wildman–Crippen MR) is 86.0 cm³/mol. The molecular weight excluding hydrogens is 244 g/mol. The molecule has 1 N–H and O–H groups in total. The zero-order valence-corrected chi connectivity index (χ0v) is 13.8. The summed E-state index contributed by atoms with van der Waals surface area (Å²) in [5, 5.41) is 3.77. The van der Waals surface area contributed by atoms with Gasteiger partial charge in [-0.05, 0) is 82.7 Å². The fraction of sp³-hybridized carbons (Fsp3) is 1.00. The lowest BCUT2D eigenvalue weighted by molar-refractivity contribution is 0.118. The van der Waals surface area contributed by atoms with E-state index in [1.807, 2.05) is 0 Å². The Balaban J connectivity index is 1.40. The van der Waals surface area contributed by atoms with Crippen molar-refractivity contribution in [1.29, 1.82) is 0 Å². The molecular formula is C18H34N2. The molecule has 0 amide bonds. The van der Waals surface area contributed by atoms with Crippen LogP contribution < -0.4 is 5.32 Å². The number of hydrogen-bond acceptors (Lipinski definition) is 2. The fourth-order valence-corrected chi connectivity index (χ4v) is 4.80. The number of hydrogen-bond donors (Lipinski definition) is 1. The normalized spacial score (nSPS) is 37.5. The highest BCUT2D eigenvalue weighted by atomic mass is 15.1. The van der Waals surface area contributed by atoms with E-state index >= 15 is 0 Å². The second-order valence-corrected chi connectivity index (χ2v) is 8.64. The number of nitrogens with zero attached hydrogens (tertiary/aromatic N) is 1. The zero-order valence-electron chi connectivity index (χ0n) is 13.8. The van der Waals surface area contributed by atoms with Crippen LogP contribution in [-0.2, 0) is 0 Å². The molecule has 0 aromatic heterocycles. The summed E-state index contributed by atoms with van der Waals surface area (Å²) in [6, 6.07) is 2.58. The first-order chi connectivity index (χ1) is 9.52. The standard InChI is InChI=1S/C18H34N2/c1-18(2)9-6-17(7-10-18)20(3)11-8-14-12-15-4-5-16(13-14)19-15/h14-17,19H,4-13H2,1-3H3. The Hall–Kier alpha value is -0.0800. The number of nitrogens with one attached hydrogen (secondary N) is 1. The number of piperidine rings is 1. The van der Waals surface area contributed by atoms with Gasteiger partial charge in [0.15, 0.2) is 0 Å². The molecule has 2 atom stereocenters. The van der Waals surface area contributed by atoms with Gasteiger partial charge in [0.1, 0.15) is 0 Å². The molecule has 2 bridgehead atoms. The van der Waals surface area contributed by atoms with Crippen molar-refractivity contribution in [3.05, 3.63) is 0 Å². The van der Waals surface area contributed by atoms with Crippen molar-refractivity contribution in [1.82, 2.24) is 10.2 Å². The molecule has 1 aliphatic carbocycles. The number of rotatable bonds is 4. The van der Waals surface area contributed by atoms with Gasteiger partial charge >= 0.3 is 0 Å². The van der Waals surface area contributed by atoms with Crippen molar-refractivity contribution in [2.24, 2.45) is 11.3 Å². The maximum Gasteiger partial charge on any atom is 0.00926 e. The van der Waals surface area contributed by atoms with E-state index in [4.69, 9.17) is 0 Å². The van der Waals surface area contributed by atoms with Gasteiger partial charge in [-0.1, -0.05) is 13.8 Å². The Labute approximate surface area is 125 Å². The van der Waals surface area contributed by atoms with Gasteiger partial charge in [-0.3, -0.25) is 0 Å². The maximum absolute atomic E-state index is 3.77. The quantitative estimate of drug-likeness (QED) is 0.841. The summed E-state index contributed by atoms with van der Waals surface area (Å²) >= 11 is 0. The van der Waals surface area contributed by atoms with Crippen LogP contribution >= 0.6 is 0 Å². The average molecular weight is 278 g/mol. The largest absolute Gasteiger partial charge is 0.311 e. The van der Waals surface area contributed by atoms with Crippen LogP contribution in [0.3, 0.4) is 0 Å². The van der Waals surface area contributed by atoms with Gasteiger partial charge in [0.25, 0.3) is 0 Å². The van der Waals surface area contributed by atoms with Gasteiger partial charge < -0.3 is 10.2 Å². The Bertz CT molecular complexity index is 303. The third-order valence-corrected chi connectivity index (χ3v) is 6.39. The second kappa shape index (κ2) is 5.96. The van der Waals surface area contributed by atoms with Crippen LogP contribution in [0, 0.1) is 11.3 Å². The molecule has 3 fully saturated rings. The Morgan fingerprint density at radius 3 is 2.20 bits per heavy atom. The van der Waals surface area contributed by atoms with E-state index in [-0.39, 0.29) is 0 Å². The molecule has 2 saturated heterocycles. The van der Waals surface area contributed by atoms with E-state index in [9.17, 15) is 0 Å². The van der Waals surface area contributed by atoms with E-state index in [0.717, 1.165) is 24.0 Å². The lowest BCUT2D eigenvalue weighted by atomic mass is 9.75. The Morgan fingerprint density at radius 1 is 1.00 bits per heavy atom. The van der Waals surface area contributed by atoms with E-state index in [0.29, 0.717) is 5.41 Å². The monoisotopic (exact) mass is 278 g/mol. The minimum absolute atomic E-state index is 0.603. The molecule has 0 aromatic carbocycles. The number of fused-ring (bicyclic) bond motifs is 2. The van der Waals surface area contributed by atoms with Gasteiger partial charge in [-0.25, -0.2) is 0 Å². The Kier molecular flexibility index (Phi) is 4.42. The zero-order chi connectivity index (χ0) is 14.2. The fourth-order valence-electron chi connectivity index (χ4n) is 4.80. The third kappa shape index (κ3) is 3.57. The van der Waals surface area contributed by atoms with Crippen molar-refractivity contribution in [2.45, 2.75) is 89.8 Å². The predicted octanol–water partition coefficient (Wildman–Crippen LogP) is 3.81. The first-order valence-corrected chi connectivity index (χ1v) is 8.98. The molecule has 0 aromatic rings. The molecule has 2 nitrogen and oxygen atoms in total. The minimum atomic E-state index is 0.603. The van der Waals surface area contributed by atoms with Crippen LogP contribution in [0.1, 0.15) is 71.6 Å². The van der Waals surface area contributed by atoms with Crippen LogP contribution in [0.2, 0.25) is 0 Å². The Morgan fingerprint density at radius 2 is 1.60 bits per heavy atom. The SMILES string of the molecule is CN(CCC1CC2CCC(C1)N2)C1CCC(C)(C)CC1. The molecule has 2 heteroatoms. The van der Waals surface area contributed by atoms with E-state index in [1.54, 1.807) is 0 Å². The summed E-state index contributed by atoms with van der Waals surface area (Å²) in [7, 11) is 2.37. The van der Waals surface area contributed by atoms with Crippen molar-refractivity contribution in [3.63, 3.8) is 0 Å². The summed E-state index contributed by atoms with van der Waals surface area (Å²) in [5.74, 6) is 0.997. The van der Waals surface area contributed by atoms with E-state index in [2.05, 4.69) is 31.1 Å². The van der Waals surface area contributed by atoms with Crippen LogP contribution in [0.5, 0.6) is 0 Å². The highest BCUT2D eigenvalue weighted by molar-refractivity contribution is 4.92. The van der Waals surface area contributed by atoms with Crippen molar-refractivity contribution >= 4 is 0 Å². The smallest absolute Gasteiger partial charge is 0.00926 e. The lowest BCUT2D eigenvalue weighted by Crippen LogP contribution is -2.41. The van der Waals surface area contributed by atoms with Gasteiger partial charge in [0.2, 0.25) is 0 Å². The lowest BCUT2D eigenvalue weighted by Gasteiger charge is -2.39. The highest BCUT2D eigenvalue weighted by Crippen LogP contribution is 2.37. The molecule has 116 valence electrons. The van der Waals surface area contributed by atoms with Gasteiger partial charge in [-0.15, -0.1) is 0 Å². The van der Waals surface area contributed by atoms with Crippen LogP contribution in [0.25, 0.3) is 0 Å². The van der Waals surface area contributed by atoms with Crippen LogP contribution in [-0.4, -0.2) is 36.6 Å². The molecule has 2 unspecified atom stereocenters. The van der Waals surface area contributed by atoms with Crippen molar-refractivity contribution < 1.29 is 0 Å². The van der Waals surface area contributed by atoms with Crippen molar-refractivity contribution in [3.8, 4) is 0 Å². The van der Waals surface area contributed by atoms with Crippen LogP contribution in [0.4, 0.5) is 0 Å². The first kappa shape index (κ1) is 14.8. The topological polar surface area (TPSA) is 15.3 Å².